The molecule has 1 aromatic carbocycles. The van der Waals surface area contributed by atoms with Gasteiger partial charge in [-0.1, -0.05) is 41.4 Å². The molecule has 2 aromatic heterocycles. The average Bonchev–Trinajstić information content (AvgIpc) is 3.23. The molecule has 0 bridgehead atoms. The van der Waals surface area contributed by atoms with Crippen molar-refractivity contribution in [2.45, 2.75) is 32.2 Å². The van der Waals surface area contributed by atoms with Gasteiger partial charge in [-0.2, -0.15) is 0 Å². The van der Waals surface area contributed by atoms with Gasteiger partial charge in [-0.05, 0) is 31.5 Å². The van der Waals surface area contributed by atoms with Crippen LogP contribution in [0.5, 0.6) is 0 Å². The molecule has 0 radical (unpaired) electrons. The molecule has 0 fully saturated rings. The summed E-state index contributed by atoms with van der Waals surface area (Å²) in [6.07, 6.45) is 3.47. The predicted octanol–water partition coefficient (Wildman–Crippen LogP) is 4.18. The van der Waals surface area contributed by atoms with E-state index in [9.17, 15) is 15.0 Å². The van der Waals surface area contributed by atoms with Crippen molar-refractivity contribution < 1.29 is 15.0 Å². The number of nitrogens with zero attached hydrogens (tertiary/aromatic N) is 1. The van der Waals surface area contributed by atoms with Gasteiger partial charge in [0.15, 0.2) is 5.78 Å². The second kappa shape index (κ2) is 9.89. The molecule has 0 spiro atoms. The molecule has 30 heavy (non-hydrogen) atoms. The molecule has 2 heterocycles. The minimum absolute atomic E-state index is 0.0184. The van der Waals surface area contributed by atoms with Crippen LogP contribution in [-0.2, 0) is 0 Å². The number of ketones is 1. The van der Waals surface area contributed by atoms with Crippen molar-refractivity contribution in [2.24, 2.45) is 0 Å². The molecule has 2 atom stereocenters. The number of hydrogen-bond donors (Lipinski definition) is 4. The van der Waals surface area contributed by atoms with Gasteiger partial charge in [0.2, 0.25) is 0 Å². The molecule has 0 unspecified atom stereocenters. The first-order valence-electron chi connectivity index (χ1n) is 9.83. The number of rotatable bonds is 9. The van der Waals surface area contributed by atoms with Gasteiger partial charge >= 0.3 is 0 Å². The van der Waals surface area contributed by atoms with Crippen LogP contribution in [0.4, 0.5) is 5.82 Å². The minimum atomic E-state index is -0.260. The molecule has 3 aromatic rings. The van der Waals surface area contributed by atoms with Crippen LogP contribution < -0.4 is 5.32 Å². The number of aryl methyl sites for hydroxylation is 1. The van der Waals surface area contributed by atoms with Gasteiger partial charge in [-0.15, -0.1) is 0 Å². The van der Waals surface area contributed by atoms with Gasteiger partial charge in [-0.3, -0.25) is 4.79 Å². The van der Waals surface area contributed by atoms with E-state index in [1.165, 1.54) is 6.20 Å². The van der Waals surface area contributed by atoms with E-state index in [0.29, 0.717) is 16.5 Å². The maximum absolute atomic E-state index is 12.8. The summed E-state index contributed by atoms with van der Waals surface area (Å²) in [5.41, 5.74) is 3.99. The number of carbonyl (C=O) groups is 1. The van der Waals surface area contributed by atoms with E-state index in [4.69, 9.17) is 11.6 Å². The number of aliphatic hydroxyl groups excluding tert-OH is 2. The number of aliphatic hydroxyl groups is 2. The van der Waals surface area contributed by atoms with Gasteiger partial charge in [-0.25, -0.2) is 4.98 Å². The van der Waals surface area contributed by atoms with Gasteiger partial charge < -0.3 is 20.5 Å². The molecule has 0 aliphatic carbocycles. The number of anilines is 1. The Labute approximate surface area is 180 Å². The van der Waals surface area contributed by atoms with Crippen molar-refractivity contribution in [1.29, 1.82) is 0 Å². The van der Waals surface area contributed by atoms with E-state index in [0.717, 1.165) is 22.3 Å². The van der Waals surface area contributed by atoms with Crippen molar-refractivity contribution in [2.75, 3.05) is 18.5 Å². The van der Waals surface area contributed by atoms with Gasteiger partial charge in [0, 0.05) is 41.9 Å². The highest BCUT2D eigenvalue weighted by Crippen LogP contribution is 2.31. The maximum Gasteiger partial charge on any atom is 0.179 e. The molecular weight excluding hydrogens is 402 g/mol. The summed E-state index contributed by atoms with van der Waals surface area (Å²) < 4.78 is 0. The van der Waals surface area contributed by atoms with Gasteiger partial charge in [0.25, 0.3) is 0 Å². The van der Waals surface area contributed by atoms with Crippen molar-refractivity contribution >= 4 is 23.2 Å². The van der Waals surface area contributed by atoms with Gasteiger partial charge in [0.05, 0.1) is 23.9 Å². The van der Waals surface area contributed by atoms with E-state index >= 15 is 0 Å². The first kappa shape index (κ1) is 22.0. The second-order valence-electron chi connectivity index (χ2n) is 7.50. The zero-order valence-electron chi connectivity index (χ0n) is 17.0. The third kappa shape index (κ3) is 5.27. The summed E-state index contributed by atoms with van der Waals surface area (Å²) in [6, 6.07) is 11.2. The summed E-state index contributed by atoms with van der Waals surface area (Å²) >= 11 is 6.32. The first-order chi connectivity index (χ1) is 14.4. The lowest BCUT2D eigenvalue weighted by atomic mass is 9.92. The number of pyridine rings is 1. The predicted molar refractivity (Wildman–Crippen MR) is 119 cm³/mol. The van der Waals surface area contributed by atoms with Crippen molar-refractivity contribution in [3.8, 4) is 11.1 Å². The normalized spacial score (nSPS) is 13.1. The number of halogens is 1. The zero-order chi connectivity index (χ0) is 21.7. The highest BCUT2D eigenvalue weighted by Gasteiger charge is 2.19. The monoisotopic (exact) mass is 427 g/mol. The molecule has 7 heteroatoms. The lowest BCUT2D eigenvalue weighted by molar-refractivity contribution is 0.0955. The Kier molecular flexibility index (Phi) is 7.26. The van der Waals surface area contributed by atoms with Crippen LogP contribution in [0, 0.1) is 6.92 Å². The molecule has 0 aliphatic heterocycles. The molecule has 0 aliphatic rings. The quantitative estimate of drug-likeness (QED) is 0.384. The van der Waals surface area contributed by atoms with Crippen molar-refractivity contribution in [1.82, 2.24) is 9.97 Å². The Morgan fingerprint density at radius 3 is 2.73 bits per heavy atom. The molecule has 0 saturated heterocycles. The third-order valence-electron chi connectivity index (χ3n) is 4.98. The van der Waals surface area contributed by atoms with Crippen LogP contribution in [0.1, 0.15) is 40.9 Å². The van der Waals surface area contributed by atoms with E-state index in [-0.39, 0.29) is 37.4 Å². The number of aromatic amines is 1. The summed E-state index contributed by atoms with van der Waals surface area (Å²) in [7, 11) is 0. The third-order valence-corrected chi connectivity index (χ3v) is 5.28. The number of Topliss-reactive ketones (excluding diaryl/α,β-unsaturated/α-hetero) is 1. The van der Waals surface area contributed by atoms with Crippen molar-refractivity contribution in [3.63, 3.8) is 0 Å². The lowest BCUT2D eigenvalue weighted by Crippen LogP contribution is -2.19. The molecule has 6 nitrogen and oxygen atoms in total. The SMILES string of the molecule is Cc1cccc([C@@H](CO)CC(=O)c2cc(-c3cc(N[C@H](C)CO)ncc3Cl)c[nH]2)c1. The molecule has 4 N–H and O–H groups in total. The number of aromatic nitrogens is 2. The smallest absolute Gasteiger partial charge is 0.179 e. The Balaban J connectivity index is 1.78. The summed E-state index contributed by atoms with van der Waals surface area (Å²) in [5.74, 6) is 0.244. The summed E-state index contributed by atoms with van der Waals surface area (Å²) in [6.45, 7) is 3.71. The van der Waals surface area contributed by atoms with Crippen molar-refractivity contribution in [3.05, 3.63) is 70.6 Å². The molecular formula is C23H26ClN3O3. The highest BCUT2D eigenvalue weighted by atomic mass is 35.5. The van der Waals surface area contributed by atoms with Crippen LogP contribution in [0.2, 0.25) is 5.02 Å². The van der Waals surface area contributed by atoms with E-state index in [1.54, 1.807) is 18.3 Å². The van der Waals surface area contributed by atoms with E-state index in [1.807, 2.05) is 38.1 Å². The Bertz CT molecular complexity index is 1020. The zero-order valence-corrected chi connectivity index (χ0v) is 17.8. The van der Waals surface area contributed by atoms with Crippen LogP contribution in [0.25, 0.3) is 11.1 Å². The van der Waals surface area contributed by atoms with Crippen LogP contribution in [0.3, 0.4) is 0 Å². The Morgan fingerprint density at radius 2 is 2.03 bits per heavy atom. The van der Waals surface area contributed by atoms with E-state index < -0.39 is 0 Å². The van der Waals surface area contributed by atoms with Gasteiger partial charge in [0.1, 0.15) is 5.82 Å². The fourth-order valence-corrected chi connectivity index (χ4v) is 3.51. The molecule has 158 valence electrons. The van der Waals surface area contributed by atoms with Crippen LogP contribution in [-0.4, -0.2) is 45.2 Å². The standard InChI is InChI=1S/C23H26ClN3O3/c1-14-4-3-5-16(6-14)18(13-29)8-22(30)21-7-17(10-25-21)19-9-23(26-11-20(19)24)27-15(2)12-28/h3-7,9-11,15,18,25,28-29H,8,12-13H2,1-2H3,(H,26,27)/t15-,18-/m1/s1. The second-order valence-corrected chi connectivity index (χ2v) is 7.91. The number of hydrogen-bond acceptors (Lipinski definition) is 5. The van der Waals surface area contributed by atoms with E-state index in [2.05, 4.69) is 15.3 Å². The Morgan fingerprint density at radius 1 is 1.23 bits per heavy atom. The number of benzene rings is 1. The Hall–Kier alpha value is -2.67. The topological polar surface area (TPSA) is 98.2 Å². The molecule has 0 amide bonds. The number of nitrogens with one attached hydrogen (secondary N) is 2. The fraction of sp³-hybridized carbons (Fsp3) is 0.304. The summed E-state index contributed by atoms with van der Waals surface area (Å²) in [4.78, 5) is 20.1. The fourth-order valence-electron chi connectivity index (χ4n) is 3.29. The summed E-state index contributed by atoms with van der Waals surface area (Å²) in [5, 5.41) is 22.6. The van der Waals surface area contributed by atoms with Crippen LogP contribution in [0.15, 0.2) is 48.8 Å². The lowest BCUT2D eigenvalue weighted by Gasteiger charge is -2.14. The number of H-pyrrole nitrogens is 1. The maximum atomic E-state index is 12.8. The van der Waals surface area contributed by atoms with Crippen LogP contribution >= 0.6 is 11.6 Å². The molecule has 3 rings (SSSR count). The number of carbonyl (C=O) groups excluding carboxylic acids is 1. The molecule has 0 saturated carbocycles. The minimum Gasteiger partial charge on any atom is -0.396 e. The highest BCUT2D eigenvalue weighted by molar-refractivity contribution is 6.33. The largest absolute Gasteiger partial charge is 0.396 e. The average molecular weight is 428 g/mol. The first-order valence-corrected chi connectivity index (χ1v) is 10.2.